The zero-order valence-corrected chi connectivity index (χ0v) is 11.1. The van der Waals surface area contributed by atoms with Crippen molar-refractivity contribution in [2.45, 2.75) is 4.90 Å². The van der Waals surface area contributed by atoms with E-state index in [0.29, 0.717) is 5.56 Å². The van der Waals surface area contributed by atoms with Gasteiger partial charge in [0.2, 0.25) is 0 Å². The van der Waals surface area contributed by atoms with Crippen LogP contribution in [-0.4, -0.2) is 23.4 Å². The van der Waals surface area contributed by atoms with Gasteiger partial charge in [-0.1, -0.05) is 18.2 Å². The maximum absolute atomic E-state index is 11.1. The molecular formula is C15H13NO2S. The van der Waals surface area contributed by atoms with E-state index in [4.69, 9.17) is 5.11 Å². The van der Waals surface area contributed by atoms with Crippen LogP contribution in [0.4, 0.5) is 11.4 Å². The van der Waals surface area contributed by atoms with Gasteiger partial charge in [-0.15, -0.1) is 11.8 Å². The Labute approximate surface area is 115 Å². The number of rotatable bonds is 2. The van der Waals surface area contributed by atoms with Crippen LogP contribution in [0.15, 0.2) is 53.4 Å². The molecule has 4 heteroatoms. The molecule has 0 saturated heterocycles. The Morgan fingerprint density at radius 3 is 2.68 bits per heavy atom. The Morgan fingerprint density at radius 1 is 1.16 bits per heavy atom. The number of carboxylic acid groups (broad SMARTS) is 1. The molecule has 0 bridgehead atoms. The van der Waals surface area contributed by atoms with E-state index in [1.807, 2.05) is 36.4 Å². The highest BCUT2D eigenvalue weighted by Gasteiger charge is 2.20. The average Bonchev–Trinajstić information content (AvgIpc) is 2.47. The predicted octanol–water partition coefficient (Wildman–Crippen LogP) is 3.63. The zero-order valence-electron chi connectivity index (χ0n) is 10.2. The SMILES string of the molecule is O=C(O)c1ccc2c(c1)N(c1ccccc1)CCS2. The van der Waals surface area contributed by atoms with Crippen molar-refractivity contribution in [3.8, 4) is 0 Å². The minimum atomic E-state index is -0.883. The Balaban J connectivity index is 2.08. The van der Waals surface area contributed by atoms with Gasteiger partial charge in [0, 0.05) is 22.9 Å². The molecular weight excluding hydrogens is 258 g/mol. The van der Waals surface area contributed by atoms with E-state index in [1.165, 1.54) is 0 Å². The molecule has 1 aliphatic heterocycles. The smallest absolute Gasteiger partial charge is 0.335 e. The van der Waals surface area contributed by atoms with E-state index in [1.54, 1.807) is 23.9 Å². The zero-order chi connectivity index (χ0) is 13.2. The van der Waals surface area contributed by atoms with E-state index >= 15 is 0 Å². The molecule has 2 aromatic rings. The molecule has 0 saturated carbocycles. The molecule has 0 spiro atoms. The molecule has 1 heterocycles. The van der Waals surface area contributed by atoms with Gasteiger partial charge in [-0.3, -0.25) is 0 Å². The summed E-state index contributed by atoms with van der Waals surface area (Å²) in [5, 5.41) is 9.12. The molecule has 0 radical (unpaired) electrons. The summed E-state index contributed by atoms with van der Waals surface area (Å²) in [6.07, 6.45) is 0. The van der Waals surface area contributed by atoms with Crippen molar-refractivity contribution in [3.63, 3.8) is 0 Å². The number of hydrogen-bond donors (Lipinski definition) is 1. The Kier molecular flexibility index (Phi) is 3.17. The quantitative estimate of drug-likeness (QED) is 0.905. The van der Waals surface area contributed by atoms with Gasteiger partial charge in [-0.2, -0.15) is 0 Å². The van der Waals surface area contributed by atoms with E-state index in [-0.39, 0.29) is 0 Å². The first-order valence-electron chi connectivity index (χ1n) is 6.08. The first kappa shape index (κ1) is 12.1. The van der Waals surface area contributed by atoms with Crippen LogP contribution >= 0.6 is 11.8 Å². The molecule has 0 aromatic heterocycles. The molecule has 3 rings (SSSR count). The topological polar surface area (TPSA) is 40.5 Å². The van der Waals surface area contributed by atoms with Crippen LogP contribution < -0.4 is 4.90 Å². The molecule has 1 N–H and O–H groups in total. The summed E-state index contributed by atoms with van der Waals surface area (Å²) in [7, 11) is 0. The second-order valence-electron chi connectivity index (χ2n) is 4.32. The third kappa shape index (κ3) is 2.31. The van der Waals surface area contributed by atoms with Crippen LogP contribution in [0.3, 0.4) is 0 Å². The number of fused-ring (bicyclic) bond motifs is 1. The standard InChI is InChI=1S/C15H13NO2S/c17-15(18)11-6-7-14-13(10-11)16(8-9-19-14)12-4-2-1-3-5-12/h1-7,10H,8-9H2,(H,17,18). The minimum Gasteiger partial charge on any atom is -0.478 e. The molecule has 2 aromatic carbocycles. The average molecular weight is 271 g/mol. The fraction of sp³-hybridized carbons (Fsp3) is 0.133. The molecule has 3 nitrogen and oxygen atoms in total. The summed E-state index contributed by atoms with van der Waals surface area (Å²) in [5.74, 6) is 0.125. The maximum atomic E-state index is 11.1. The van der Waals surface area contributed by atoms with Gasteiger partial charge >= 0.3 is 5.97 Å². The normalized spacial score (nSPS) is 14.0. The Bertz CT molecular complexity index is 613. The molecule has 0 unspecified atom stereocenters. The van der Waals surface area contributed by atoms with Gasteiger partial charge in [0.1, 0.15) is 0 Å². The molecule has 19 heavy (non-hydrogen) atoms. The van der Waals surface area contributed by atoms with Crippen molar-refractivity contribution >= 4 is 29.1 Å². The van der Waals surface area contributed by atoms with E-state index in [2.05, 4.69) is 4.90 Å². The van der Waals surface area contributed by atoms with Crippen molar-refractivity contribution < 1.29 is 9.90 Å². The van der Waals surface area contributed by atoms with Crippen LogP contribution in [0.25, 0.3) is 0 Å². The third-order valence-electron chi connectivity index (χ3n) is 3.14. The largest absolute Gasteiger partial charge is 0.478 e. The minimum absolute atomic E-state index is 0.335. The maximum Gasteiger partial charge on any atom is 0.335 e. The van der Waals surface area contributed by atoms with Crippen LogP contribution in [0.2, 0.25) is 0 Å². The van der Waals surface area contributed by atoms with Gasteiger partial charge in [0.15, 0.2) is 0 Å². The van der Waals surface area contributed by atoms with E-state index in [9.17, 15) is 4.79 Å². The predicted molar refractivity (Wildman–Crippen MR) is 77.6 cm³/mol. The number of carboxylic acids is 1. The third-order valence-corrected chi connectivity index (χ3v) is 4.18. The summed E-state index contributed by atoms with van der Waals surface area (Å²) in [6, 6.07) is 15.4. The van der Waals surface area contributed by atoms with Crippen molar-refractivity contribution in [1.29, 1.82) is 0 Å². The van der Waals surface area contributed by atoms with Crippen molar-refractivity contribution in [2.24, 2.45) is 0 Å². The van der Waals surface area contributed by atoms with Gasteiger partial charge < -0.3 is 10.0 Å². The van der Waals surface area contributed by atoms with Crippen molar-refractivity contribution in [1.82, 2.24) is 0 Å². The molecule has 0 fully saturated rings. The molecule has 0 amide bonds. The summed E-state index contributed by atoms with van der Waals surface area (Å²) >= 11 is 1.77. The van der Waals surface area contributed by atoms with Crippen LogP contribution in [0.5, 0.6) is 0 Å². The number of hydrogen-bond acceptors (Lipinski definition) is 3. The second kappa shape index (κ2) is 4.97. The fourth-order valence-corrected chi connectivity index (χ4v) is 3.20. The van der Waals surface area contributed by atoms with Gasteiger partial charge in [-0.25, -0.2) is 4.79 Å². The number of nitrogens with zero attached hydrogens (tertiary/aromatic N) is 1. The highest BCUT2D eigenvalue weighted by molar-refractivity contribution is 7.99. The molecule has 0 atom stereocenters. The first-order valence-corrected chi connectivity index (χ1v) is 7.07. The van der Waals surface area contributed by atoms with Crippen molar-refractivity contribution in [2.75, 3.05) is 17.2 Å². The summed E-state index contributed by atoms with van der Waals surface area (Å²) in [6.45, 7) is 0.894. The summed E-state index contributed by atoms with van der Waals surface area (Å²) < 4.78 is 0. The molecule has 96 valence electrons. The van der Waals surface area contributed by atoms with Gasteiger partial charge in [-0.05, 0) is 30.3 Å². The number of benzene rings is 2. The van der Waals surface area contributed by atoms with E-state index in [0.717, 1.165) is 28.6 Å². The number of carbonyl (C=O) groups is 1. The molecule has 0 aliphatic carbocycles. The number of para-hydroxylation sites is 1. The Morgan fingerprint density at radius 2 is 1.95 bits per heavy atom. The lowest BCUT2D eigenvalue weighted by molar-refractivity contribution is 0.0697. The van der Waals surface area contributed by atoms with Crippen LogP contribution in [0.1, 0.15) is 10.4 Å². The summed E-state index contributed by atoms with van der Waals surface area (Å²) in [4.78, 5) is 14.4. The van der Waals surface area contributed by atoms with Gasteiger partial charge in [0.25, 0.3) is 0 Å². The van der Waals surface area contributed by atoms with Crippen molar-refractivity contribution in [3.05, 3.63) is 54.1 Å². The highest BCUT2D eigenvalue weighted by atomic mass is 32.2. The Hall–Kier alpha value is -1.94. The lowest BCUT2D eigenvalue weighted by Gasteiger charge is -2.31. The van der Waals surface area contributed by atoms with Crippen LogP contribution in [0, 0.1) is 0 Å². The van der Waals surface area contributed by atoms with Gasteiger partial charge in [0.05, 0.1) is 11.3 Å². The fourth-order valence-electron chi connectivity index (χ4n) is 2.23. The summed E-state index contributed by atoms with van der Waals surface area (Å²) in [5.41, 5.74) is 2.43. The van der Waals surface area contributed by atoms with Crippen LogP contribution in [-0.2, 0) is 0 Å². The number of anilines is 2. The second-order valence-corrected chi connectivity index (χ2v) is 5.46. The lowest BCUT2D eigenvalue weighted by atomic mass is 10.1. The highest BCUT2D eigenvalue weighted by Crippen LogP contribution is 2.39. The first-order chi connectivity index (χ1) is 9.25. The number of aromatic carboxylic acids is 1. The molecule has 1 aliphatic rings. The lowest BCUT2D eigenvalue weighted by Crippen LogP contribution is -2.24. The van der Waals surface area contributed by atoms with E-state index < -0.39 is 5.97 Å². The number of thioether (sulfide) groups is 1. The monoisotopic (exact) mass is 271 g/mol.